The molecule has 0 saturated carbocycles. The number of aromatic hydroxyl groups is 1. The Morgan fingerprint density at radius 2 is 2.00 bits per heavy atom. The Kier molecular flexibility index (Phi) is 5.36. The van der Waals surface area contributed by atoms with Crippen molar-refractivity contribution in [3.63, 3.8) is 0 Å². The van der Waals surface area contributed by atoms with Gasteiger partial charge in [-0.15, -0.1) is 0 Å². The van der Waals surface area contributed by atoms with E-state index in [9.17, 15) is 14.7 Å². The van der Waals surface area contributed by atoms with Crippen molar-refractivity contribution in [1.29, 1.82) is 0 Å². The molecule has 0 saturated heterocycles. The van der Waals surface area contributed by atoms with Gasteiger partial charge in [-0.05, 0) is 65.1 Å². The van der Waals surface area contributed by atoms with Crippen molar-refractivity contribution in [3.8, 4) is 23.0 Å². The van der Waals surface area contributed by atoms with Gasteiger partial charge < -0.3 is 24.6 Å². The summed E-state index contributed by atoms with van der Waals surface area (Å²) < 4.78 is 16.7. The van der Waals surface area contributed by atoms with Gasteiger partial charge in [0.25, 0.3) is 11.8 Å². The third kappa shape index (κ3) is 3.75. The molecule has 2 heterocycles. The summed E-state index contributed by atoms with van der Waals surface area (Å²) in [5.74, 6) is 0.157. The number of para-hydroxylation sites is 1. The van der Waals surface area contributed by atoms with Crippen LogP contribution in [0.5, 0.6) is 23.0 Å². The highest BCUT2D eigenvalue weighted by molar-refractivity contribution is 14.1. The molecule has 0 radical (unpaired) electrons. The minimum Gasteiger partial charge on any atom is -0.504 e. The van der Waals surface area contributed by atoms with E-state index in [0.717, 1.165) is 3.57 Å². The van der Waals surface area contributed by atoms with E-state index < -0.39 is 18.0 Å². The Morgan fingerprint density at radius 3 is 2.82 bits per heavy atom. The molecule has 2 amide bonds. The summed E-state index contributed by atoms with van der Waals surface area (Å²) in [6.45, 7) is 0.0849. The number of halogens is 1. The van der Waals surface area contributed by atoms with E-state index in [0.29, 0.717) is 28.3 Å². The highest BCUT2D eigenvalue weighted by Gasteiger charge is 2.36. The van der Waals surface area contributed by atoms with Gasteiger partial charge in [-0.2, -0.15) is 0 Å². The number of hydrogen-bond acceptors (Lipinski definition) is 7. The predicted octanol–water partition coefficient (Wildman–Crippen LogP) is 3.65. The van der Waals surface area contributed by atoms with Crippen LogP contribution in [-0.4, -0.2) is 35.8 Å². The zero-order chi connectivity index (χ0) is 23.1. The molecule has 33 heavy (non-hydrogen) atoms. The van der Waals surface area contributed by atoms with Crippen LogP contribution in [0.4, 0.5) is 5.69 Å². The highest BCUT2D eigenvalue weighted by Crippen LogP contribution is 2.40. The summed E-state index contributed by atoms with van der Waals surface area (Å²) in [5, 5.41) is 15.2. The zero-order valence-corrected chi connectivity index (χ0v) is 19.5. The third-order valence-electron chi connectivity index (χ3n) is 5.38. The Balaban J connectivity index is 1.54. The summed E-state index contributed by atoms with van der Waals surface area (Å²) >= 11 is 2.12. The van der Waals surface area contributed by atoms with E-state index >= 15 is 0 Å². The van der Waals surface area contributed by atoms with Crippen molar-refractivity contribution in [3.05, 3.63) is 74.9 Å². The number of ether oxygens (including phenoxy) is 3. The van der Waals surface area contributed by atoms with Crippen molar-refractivity contribution < 1.29 is 28.9 Å². The lowest BCUT2D eigenvalue weighted by molar-refractivity contribution is 0.0488. The molecule has 1 atom stereocenters. The number of nitrogens with one attached hydrogen (secondary N) is 2. The second-order valence-electron chi connectivity index (χ2n) is 7.32. The Hall–Kier alpha value is -3.67. The van der Waals surface area contributed by atoms with Crippen LogP contribution in [0, 0.1) is 3.57 Å². The molecule has 168 valence electrons. The van der Waals surface area contributed by atoms with Gasteiger partial charge in [0.2, 0.25) is 6.79 Å². The lowest BCUT2D eigenvalue weighted by Crippen LogP contribution is -2.52. The molecular formula is C23H18IN3O6. The van der Waals surface area contributed by atoms with Crippen molar-refractivity contribution >= 4 is 40.1 Å². The number of hydrazine groups is 1. The van der Waals surface area contributed by atoms with Crippen LogP contribution < -0.4 is 25.0 Å². The first-order chi connectivity index (χ1) is 16.0. The number of benzene rings is 3. The minimum absolute atomic E-state index is 0.0849. The SMILES string of the molecule is COc1cccc([C@H]2Nc3ccc(I)cc3C(=O)N2NC(=O)c2ccc3c(c2)OCO3)c1O. The topological polar surface area (TPSA) is 109 Å². The number of anilines is 1. The smallest absolute Gasteiger partial charge is 0.276 e. The average molecular weight is 559 g/mol. The summed E-state index contributed by atoms with van der Waals surface area (Å²) in [7, 11) is 1.44. The van der Waals surface area contributed by atoms with Gasteiger partial charge in [-0.1, -0.05) is 12.1 Å². The zero-order valence-electron chi connectivity index (χ0n) is 17.3. The molecule has 3 aromatic rings. The quantitative estimate of drug-likeness (QED) is 0.419. The summed E-state index contributed by atoms with van der Waals surface area (Å²) in [5.41, 5.74) is 4.31. The molecule has 0 bridgehead atoms. The summed E-state index contributed by atoms with van der Waals surface area (Å²) in [6, 6.07) is 15.1. The summed E-state index contributed by atoms with van der Waals surface area (Å²) in [6.07, 6.45) is -0.891. The fourth-order valence-electron chi connectivity index (χ4n) is 3.75. The van der Waals surface area contributed by atoms with E-state index in [-0.39, 0.29) is 23.9 Å². The number of carbonyl (C=O) groups excluding carboxylic acids is 2. The van der Waals surface area contributed by atoms with E-state index in [2.05, 4.69) is 33.3 Å². The van der Waals surface area contributed by atoms with E-state index in [1.165, 1.54) is 12.1 Å². The first-order valence-corrected chi connectivity index (χ1v) is 11.0. The Morgan fingerprint density at radius 1 is 1.18 bits per heavy atom. The molecule has 3 N–H and O–H groups in total. The molecular weight excluding hydrogens is 541 g/mol. The predicted molar refractivity (Wildman–Crippen MR) is 126 cm³/mol. The second kappa shape index (κ2) is 8.35. The lowest BCUT2D eigenvalue weighted by Gasteiger charge is -2.38. The second-order valence-corrected chi connectivity index (χ2v) is 8.56. The minimum atomic E-state index is -0.891. The van der Waals surface area contributed by atoms with E-state index in [1.807, 2.05) is 6.07 Å². The fourth-order valence-corrected chi connectivity index (χ4v) is 4.24. The van der Waals surface area contributed by atoms with Crippen LogP contribution in [-0.2, 0) is 0 Å². The maximum atomic E-state index is 13.5. The molecule has 10 heteroatoms. The van der Waals surface area contributed by atoms with Crippen molar-refractivity contribution in [2.45, 2.75) is 6.17 Å². The van der Waals surface area contributed by atoms with Gasteiger partial charge in [0.05, 0.1) is 12.7 Å². The standard InChI is InChI=1S/C23H18IN3O6/c1-31-18-4-2-3-14(20(18)28)21-25-16-7-6-13(24)10-15(16)23(30)27(21)26-22(29)12-5-8-17-19(9-12)33-11-32-17/h2-10,21,25,28H,11H2,1H3,(H,26,29)/t21-/m0/s1. The van der Waals surface area contributed by atoms with E-state index in [4.69, 9.17) is 14.2 Å². The van der Waals surface area contributed by atoms with Gasteiger partial charge in [-0.25, -0.2) is 5.01 Å². The molecule has 2 aliphatic heterocycles. The van der Waals surface area contributed by atoms with E-state index in [1.54, 1.807) is 48.5 Å². The van der Waals surface area contributed by atoms with Crippen LogP contribution in [0.15, 0.2) is 54.6 Å². The van der Waals surface area contributed by atoms with Gasteiger partial charge in [0, 0.05) is 20.4 Å². The molecule has 0 aromatic heterocycles. The molecule has 0 fully saturated rings. The molecule has 0 aliphatic carbocycles. The fraction of sp³-hybridized carbons (Fsp3) is 0.130. The maximum Gasteiger partial charge on any atom is 0.276 e. The highest BCUT2D eigenvalue weighted by atomic mass is 127. The van der Waals surface area contributed by atoms with Crippen LogP contribution in [0.3, 0.4) is 0 Å². The molecule has 5 rings (SSSR count). The third-order valence-corrected chi connectivity index (χ3v) is 6.05. The Bertz CT molecular complexity index is 1280. The van der Waals surface area contributed by atoms with Crippen LogP contribution in [0.25, 0.3) is 0 Å². The van der Waals surface area contributed by atoms with Crippen LogP contribution >= 0.6 is 22.6 Å². The van der Waals surface area contributed by atoms with Gasteiger partial charge in [0.15, 0.2) is 29.2 Å². The molecule has 2 aliphatic rings. The Labute approximate surface area is 202 Å². The lowest BCUT2D eigenvalue weighted by atomic mass is 10.0. The number of amides is 2. The number of methoxy groups -OCH3 is 1. The molecule has 0 unspecified atom stereocenters. The number of nitrogens with zero attached hydrogens (tertiary/aromatic N) is 1. The monoisotopic (exact) mass is 559 g/mol. The van der Waals surface area contributed by atoms with Crippen molar-refractivity contribution in [2.75, 3.05) is 19.2 Å². The number of phenols is 1. The van der Waals surface area contributed by atoms with Gasteiger partial charge in [0.1, 0.15) is 0 Å². The number of carbonyl (C=O) groups is 2. The average Bonchev–Trinajstić information content (AvgIpc) is 3.29. The first kappa shape index (κ1) is 21.2. The van der Waals surface area contributed by atoms with Gasteiger partial charge >= 0.3 is 0 Å². The molecule has 9 nitrogen and oxygen atoms in total. The summed E-state index contributed by atoms with van der Waals surface area (Å²) in [4.78, 5) is 26.6. The largest absolute Gasteiger partial charge is 0.504 e. The number of fused-ring (bicyclic) bond motifs is 2. The van der Waals surface area contributed by atoms with Crippen LogP contribution in [0.2, 0.25) is 0 Å². The van der Waals surface area contributed by atoms with Crippen molar-refractivity contribution in [2.24, 2.45) is 0 Å². The molecule has 3 aromatic carbocycles. The normalized spacial score (nSPS) is 16.1. The number of hydrogen-bond donors (Lipinski definition) is 3. The number of phenolic OH excluding ortho intramolecular Hbond substituents is 1. The first-order valence-electron chi connectivity index (χ1n) is 9.92. The molecule has 0 spiro atoms. The van der Waals surface area contributed by atoms with Crippen LogP contribution in [0.1, 0.15) is 32.4 Å². The van der Waals surface area contributed by atoms with Gasteiger partial charge in [-0.3, -0.25) is 15.0 Å². The maximum absolute atomic E-state index is 13.5. The van der Waals surface area contributed by atoms with Crippen molar-refractivity contribution in [1.82, 2.24) is 10.4 Å². The number of rotatable bonds is 4.